The second-order valence-corrected chi connectivity index (χ2v) is 5.80. The minimum absolute atomic E-state index is 0.146. The molecule has 0 saturated heterocycles. The Labute approximate surface area is 149 Å². The minimum atomic E-state index is -0.146. The van der Waals surface area contributed by atoms with Crippen molar-refractivity contribution in [2.75, 3.05) is 52.9 Å². The number of unbranched alkanes of at least 4 members (excludes halogenated alkanes) is 4. The molecule has 1 atom stereocenters. The van der Waals surface area contributed by atoms with Crippen LogP contribution in [-0.2, 0) is 23.7 Å². The van der Waals surface area contributed by atoms with Crippen molar-refractivity contribution >= 4 is 0 Å². The normalized spacial score (nSPS) is 12.6. The maximum atomic E-state index is 5.82. The van der Waals surface area contributed by atoms with Crippen LogP contribution in [0.5, 0.6) is 0 Å². The summed E-state index contributed by atoms with van der Waals surface area (Å²) in [6.45, 7) is 11.5. The molecule has 0 spiro atoms. The average Bonchev–Trinajstić information content (AvgIpc) is 2.59. The topological polar surface area (TPSA) is 46.2 Å². The van der Waals surface area contributed by atoms with Crippen molar-refractivity contribution in [3.8, 4) is 0 Å². The molecule has 0 N–H and O–H groups in total. The van der Waals surface area contributed by atoms with Crippen LogP contribution in [0, 0.1) is 0 Å². The van der Waals surface area contributed by atoms with E-state index in [0.29, 0.717) is 39.6 Å². The van der Waals surface area contributed by atoms with E-state index in [2.05, 4.69) is 13.8 Å². The molecule has 0 aromatic carbocycles. The van der Waals surface area contributed by atoms with Crippen LogP contribution in [0.2, 0.25) is 0 Å². The van der Waals surface area contributed by atoms with E-state index >= 15 is 0 Å². The Morgan fingerprint density at radius 1 is 0.542 bits per heavy atom. The molecule has 0 fully saturated rings. The lowest BCUT2D eigenvalue weighted by Crippen LogP contribution is -2.22. The van der Waals surface area contributed by atoms with Crippen molar-refractivity contribution in [3.05, 3.63) is 0 Å². The molecule has 0 saturated carbocycles. The first kappa shape index (κ1) is 23.8. The predicted molar refractivity (Wildman–Crippen MR) is 97.5 cm³/mol. The van der Waals surface area contributed by atoms with Crippen LogP contribution in [0.1, 0.15) is 65.7 Å². The molecular weight excluding hydrogens is 308 g/mol. The van der Waals surface area contributed by atoms with Crippen LogP contribution in [0.25, 0.3) is 0 Å². The lowest BCUT2D eigenvalue weighted by Gasteiger charge is -2.19. The van der Waals surface area contributed by atoms with Gasteiger partial charge in [0.25, 0.3) is 0 Å². The number of hydrogen-bond acceptors (Lipinski definition) is 5. The Kier molecular flexibility index (Phi) is 20.7. The van der Waals surface area contributed by atoms with Crippen molar-refractivity contribution in [1.82, 2.24) is 0 Å². The van der Waals surface area contributed by atoms with E-state index in [-0.39, 0.29) is 6.29 Å². The number of hydrogen-bond donors (Lipinski definition) is 0. The Hall–Kier alpha value is -0.200. The van der Waals surface area contributed by atoms with Crippen molar-refractivity contribution in [2.24, 2.45) is 0 Å². The van der Waals surface area contributed by atoms with Gasteiger partial charge in [-0.2, -0.15) is 0 Å². The molecule has 1 unspecified atom stereocenters. The summed E-state index contributed by atoms with van der Waals surface area (Å²) >= 11 is 0. The quantitative estimate of drug-likeness (QED) is 0.244. The average molecular weight is 349 g/mol. The van der Waals surface area contributed by atoms with Gasteiger partial charge < -0.3 is 23.7 Å². The van der Waals surface area contributed by atoms with Crippen LogP contribution in [0.4, 0.5) is 0 Å². The maximum absolute atomic E-state index is 5.82. The molecule has 5 heteroatoms. The summed E-state index contributed by atoms with van der Waals surface area (Å²) in [5, 5.41) is 0. The third-order valence-corrected chi connectivity index (χ3v) is 3.53. The van der Waals surface area contributed by atoms with Crippen molar-refractivity contribution < 1.29 is 23.7 Å². The summed E-state index contributed by atoms with van der Waals surface area (Å²) in [6, 6.07) is 0. The molecule has 146 valence electrons. The van der Waals surface area contributed by atoms with Crippen LogP contribution in [-0.4, -0.2) is 59.1 Å². The number of ether oxygens (including phenoxy) is 5. The number of rotatable bonds is 20. The van der Waals surface area contributed by atoms with Crippen LogP contribution >= 0.6 is 0 Å². The van der Waals surface area contributed by atoms with Gasteiger partial charge in [-0.05, 0) is 26.2 Å². The molecule has 0 aliphatic rings. The fraction of sp³-hybridized carbons (Fsp3) is 1.00. The molecule has 24 heavy (non-hydrogen) atoms. The standard InChI is InChI=1S/C19H40O5/c1-4-7-8-9-10-11-19(23-17-15-21-12-5-2)24-18-16-22-14-13-20-6-3/h19H,4-18H2,1-3H3. The first-order chi connectivity index (χ1) is 11.8. The van der Waals surface area contributed by atoms with Gasteiger partial charge in [-0.15, -0.1) is 0 Å². The predicted octanol–water partition coefficient (Wildman–Crippen LogP) is 4.19. The summed E-state index contributed by atoms with van der Waals surface area (Å²) in [7, 11) is 0. The Morgan fingerprint density at radius 2 is 1.12 bits per heavy atom. The molecule has 0 heterocycles. The molecule has 0 aliphatic heterocycles. The van der Waals surface area contributed by atoms with Gasteiger partial charge in [0.15, 0.2) is 6.29 Å². The zero-order valence-electron chi connectivity index (χ0n) is 16.2. The summed E-state index contributed by atoms with van der Waals surface area (Å²) in [4.78, 5) is 0. The van der Waals surface area contributed by atoms with Gasteiger partial charge >= 0.3 is 0 Å². The summed E-state index contributed by atoms with van der Waals surface area (Å²) in [6.07, 6.45) is 8.10. The molecule has 0 aromatic rings. The highest BCUT2D eigenvalue weighted by atomic mass is 16.7. The molecule has 0 bridgehead atoms. The Morgan fingerprint density at radius 3 is 1.75 bits per heavy atom. The molecule has 0 radical (unpaired) electrons. The van der Waals surface area contributed by atoms with E-state index in [1.54, 1.807) is 0 Å². The van der Waals surface area contributed by atoms with E-state index in [1.807, 2.05) is 6.92 Å². The maximum Gasteiger partial charge on any atom is 0.157 e. The first-order valence-electron chi connectivity index (χ1n) is 9.81. The van der Waals surface area contributed by atoms with Crippen molar-refractivity contribution in [2.45, 2.75) is 72.0 Å². The van der Waals surface area contributed by atoms with E-state index < -0.39 is 0 Å². The highest BCUT2D eigenvalue weighted by Gasteiger charge is 2.09. The van der Waals surface area contributed by atoms with Gasteiger partial charge in [0.05, 0.1) is 39.6 Å². The van der Waals surface area contributed by atoms with Crippen LogP contribution in [0.3, 0.4) is 0 Å². The fourth-order valence-electron chi connectivity index (χ4n) is 2.22. The van der Waals surface area contributed by atoms with E-state index in [9.17, 15) is 0 Å². The molecule has 0 rings (SSSR count). The lowest BCUT2D eigenvalue weighted by atomic mass is 10.1. The van der Waals surface area contributed by atoms with Crippen LogP contribution in [0.15, 0.2) is 0 Å². The van der Waals surface area contributed by atoms with Gasteiger partial charge in [-0.25, -0.2) is 0 Å². The SMILES string of the molecule is CCCCCCCC(OCCOCCC)OCCOCCOCC. The molecular formula is C19H40O5. The molecule has 5 nitrogen and oxygen atoms in total. The third kappa shape index (κ3) is 18.1. The molecule has 0 aliphatic carbocycles. The van der Waals surface area contributed by atoms with Gasteiger partial charge in [-0.1, -0.05) is 39.5 Å². The fourth-order valence-corrected chi connectivity index (χ4v) is 2.22. The zero-order chi connectivity index (χ0) is 17.7. The monoisotopic (exact) mass is 348 g/mol. The molecule has 0 aromatic heterocycles. The van der Waals surface area contributed by atoms with E-state index in [4.69, 9.17) is 23.7 Å². The smallest absolute Gasteiger partial charge is 0.157 e. The van der Waals surface area contributed by atoms with Gasteiger partial charge in [-0.3, -0.25) is 0 Å². The minimum Gasteiger partial charge on any atom is -0.379 e. The van der Waals surface area contributed by atoms with Crippen molar-refractivity contribution in [1.29, 1.82) is 0 Å². The van der Waals surface area contributed by atoms with E-state index in [1.165, 1.54) is 25.7 Å². The van der Waals surface area contributed by atoms with Gasteiger partial charge in [0.2, 0.25) is 0 Å². The largest absolute Gasteiger partial charge is 0.379 e. The summed E-state index contributed by atoms with van der Waals surface area (Å²) in [5.41, 5.74) is 0. The van der Waals surface area contributed by atoms with Gasteiger partial charge in [0.1, 0.15) is 0 Å². The molecule has 0 amide bonds. The highest BCUT2D eigenvalue weighted by molar-refractivity contribution is 4.50. The lowest BCUT2D eigenvalue weighted by molar-refractivity contribution is -0.162. The summed E-state index contributed by atoms with van der Waals surface area (Å²) in [5.74, 6) is 0. The Balaban J connectivity index is 3.72. The van der Waals surface area contributed by atoms with Crippen molar-refractivity contribution in [3.63, 3.8) is 0 Å². The van der Waals surface area contributed by atoms with Gasteiger partial charge in [0, 0.05) is 13.2 Å². The van der Waals surface area contributed by atoms with Crippen LogP contribution < -0.4 is 0 Å². The second-order valence-electron chi connectivity index (χ2n) is 5.80. The summed E-state index contributed by atoms with van der Waals surface area (Å²) < 4.78 is 27.8. The highest BCUT2D eigenvalue weighted by Crippen LogP contribution is 2.10. The van der Waals surface area contributed by atoms with E-state index in [0.717, 1.165) is 32.5 Å². The Bertz CT molecular complexity index is 212. The zero-order valence-corrected chi connectivity index (χ0v) is 16.2. The first-order valence-corrected chi connectivity index (χ1v) is 9.81. The second kappa shape index (κ2) is 20.8. The third-order valence-electron chi connectivity index (χ3n) is 3.53.